The molecule has 5 nitrogen and oxygen atoms in total. The van der Waals surface area contributed by atoms with Crippen LogP contribution in [0.15, 0.2) is 24.3 Å². The van der Waals surface area contributed by atoms with Gasteiger partial charge >= 0.3 is 0 Å². The smallest absolute Gasteiger partial charge is 0.253 e. The third kappa shape index (κ3) is 2.36. The van der Waals surface area contributed by atoms with E-state index in [1.54, 1.807) is 24.3 Å². The van der Waals surface area contributed by atoms with Crippen LogP contribution in [-0.2, 0) is 4.79 Å². The molecule has 1 aromatic carbocycles. The molecule has 5 heteroatoms. The maximum Gasteiger partial charge on any atom is 0.253 e. The summed E-state index contributed by atoms with van der Waals surface area (Å²) in [5, 5.41) is 12.2. The number of anilines is 1. The third-order valence-electron chi connectivity index (χ3n) is 2.88. The number of para-hydroxylation sites is 1. The van der Waals surface area contributed by atoms with Gasteiger partial charge in [-0.3, -0.25) is 9.59 Å². The van der Waals surface area contributed by atoms with E-state index in [2.05, 4.69) is 5.32 Å². The van der Waals surface area contributed by atoms with E-state index >= 15 is 0 Å². The molecule has 0 aliphatic carbocycles. The molecule has 0 saturated carbocycles. The number of hydrogen-bond donors (Lipinski definition) is 2. The highest BCUT2D eigenvalue weighted by atomic mass is 16.3. The second-order valence-electron chi connectivity index (χ2n) is 4.24. The third-order valence-corrected chi connectivity index (χ3v) is 2.88. The molecule has 1 saturated heterocycles. The van der Waals surface area contributed by atoms with Crippen molar-refractivity contribution in [2.45, 2.75) is 19.4 Å². The number of nitrogens with zero attached hydrogens (tertiary/aromatic N) is 1. The lowest BCUT2D eigenvalue weighted by Gasteiger charge is -2.19. The first kappa shape index (κ1) is 12.6. The highest BCUT2D eigenvalue weighted by molar-refractivity contribution is 6.05. The molecule has 1 fully saturated rings. The Morgan fingerprint density at radius 2 is 2.22 bits per heavy atom. The fourth-order valence-corrected chi connectivity index (χ4v) is 2.08. The van der Waals surface area contributed by atoms with Crippen molar-refractivity contribution >= 4 is 17.5 Å². The average molecular weight is 248 g/mol. The summed E-state index contributed by atoms with van der Waals surface area (Å²) in [4.78, 5) is 25.1. The Morgan fingerprint density at radius 1 is 1.50 bits per heavy atom. The van der Waals surface area contributed by atoms with Crippen LogP contribution in [0.1, 0.15) is 23.7 Å². The number of aliphatic hydroxyl groups excluding tert-OH is 1. The summed E-state index contributed by atoms with van der Waals surface area (Å²) in [7, 11) is 0. The molecule has 2 amide bonds. The molecule has 0 spiro atoms. The van der Waals surface area contributed by atoms with Gasteiger partial charge in [-0.1, -0.05) is 12.1 Å². The lowest BCUT2D eigenvalue weighted by atomic mass is 10.1. The van der Waals surface area contributed by atoms with E-state index in [4.69, 9.17) is 0 Å². The summed E-state index contributed by atoms with van der Waals surface area (Å²) in [6.07, 6.45) is -0.538. The molecule has 18 heavy (non-hydrogen) atoms. The zero-order chi connectivity index (χ0) is 13.1. The van der Waals surface area contributed by atoms with Gasteiger partial charge in [0.05, 0.1) is 30.3 Å². The van der Waals surface area contributed by atoms with Crippen LogP contribution < -0.4 is 10.2 Å². The lowest BCUT2D eigenvalue weighted by molar-refractivity contribution is -0.117. The molecule has 1 aliphatic heterocycles. The number of carbonyl (C=O) groups excluding carboxylic acids is 2. The first-order valence-electron chi connectivity index (χ1n) is 5.99. The molecule has 0 bridgehead atoms. The van der Waals surface area contributed by atoms with Crippen LogP contribution in [0.3, 0.4) is 0 Å². The second-order valence-corrected chi connectivity index (χ2v) is 4.24. The number of carbonyl (C=O) groups is 2. The average Bonchev–Trinajstić information content (AvgIpc) is 2.69. The van der Waals surface area contributed by atoms with Crippen molar-refractivity contribution in [3.05, 3.63) is 29.8 Å². The standard InChI is InChI=1S/C13H16N2O3/c1-2-14-13(18)10-5-3-4-6-11(10)15-8-9(16)7-12(15)17/h3-6,9,16H,2,7-8H2,1H3,(H,14,18). The molecule has 2 rings (SSSR count). The molecule has 1 unspecified atom stereocenters. The minimum Gasteiger partial charge on any atom is -0.391 e. The molecule has 96 valence electrons. The fraction of sp³-hybridized carbons (Fsp3) is 0.385. The zero-order valence-corrected chi connectivity index (χ0v) is 10.2. The highest BCUT2D eigenvalue weighted by Crippen LogP contribution is 2.25. The Morgan fingerprint density at radius 3 is 2.83 bits per heavy atom. The van der Waals surface area contributed by atoms with E-state index in [1.165, 1.54) is 4.90 Å². The summed E-state index contributed by atoms with van der Waals surface area (Å²) < 4.78 is 0. The van der Waals surface area contributed by atoms with E-state index in [1.807, 2.05) is 6.92 Å². The summed E-state index contributed by atoms with van der Waals surface area (Å²) in [5.74, 6) is -0.360. The number of nitrogens with one attached hydrogen (secondary N) is 1. The minimum atomic E-state index is -0.653. The van der Waals surface area contributed by atoms with Crippen molar-refractivity contribution in [1.82, 2.24) is 5.32 Å². The number of β-amino-alcohol motifs (C(OH)–C–C–N with tert-alkyl or cyclic N) is 1. The maximum absolute atomic E-state index is 11.9. The van der Waals surface area contributed by atoms with Crippen molar-refractivity contribution in [3.63, 3.8) is 0 Å². The minimum absolute atomic E-state index is 0.115. The van der Waals surface area contributed by atoms with Gasteiger partial charge in [0.1, 0.15) is 0 Å². The molecule has 0 radical (unpaired) electrons. The summed E-state index contributed by atoms with van der Waals surface area (Å²) in [5.41, 5.74) is 1.02. The quantitative estimate of drug-likeness (QED) is 0.820. The number of benzene rings is 1. The molecule has 1 atom stereocenters. The normalized spacial score (nSPS) is 19.1. The lowest BCUT2D eigenvalue weighted by Crippen LogP contribution is -2.30. The number of hydrogen-bond acceptors (Lipinski definition) is 3. The van der Waals surface area contributed by atoms with Gasteiger partial charge in [-0.05, 0) is 19.1 Å². The molecule has 0 aromatic heterocycles. The van der Waals surface area contributed by atoms with Crippen molar-refractivity contribution < 1.29 is 14.7 Å². The van der Waals surface area contributed by atoms with Gasteiger partial charge in [-0.2, -0.15) is 0 Å². The van der Waals surface area contributed by atoms with E-state index in [-0.39, 0.29) is 24.8 Å². The van der Waals surface area contributed by atoms with E-state index in [9.17, 15) is 14.7 Å². The monoisotopic (exact) mass is 248 g/mol. The maximum atomic E-state index is 11.9. The van der Waals surface area contributed by atoms with Crippen LogP contribution in [0, 0.1) is 0 Å². The molecular formula is C13H16N2O3. The molecule has 1 aromatic rings. The van der Waals surface area contributed by atoms with Crippen LogP contribution >= 0.6 is 0 Å². The van der Waals surface area contributed by atoms with Gasteiger partial charge < -0.3 is 15.3 Å². The number of aliphatic hydroxyl groups is 1. The molecule has 1 heterocycles. The van der Waals surface area contributed by atoms with Gasteiger partial charge in [0.2, 0.25) is 5.91 Å². The van der Waals surface area contributed by atoms with E-state index in [0.717, 1.165) is 0 Å². The van der Waals surface area contributed by atoms with E-state index in [0.29, 0.717) is 17.8 Å². The summed E-state index contributed by atoms with van der Waals surface area (Å²) in [6, 6.07) is 6.93. The van der Waals surface area contributed by atoms with Crippen LogP contribution in [0.25, 0.3) is 0 Å². The van der Waals surface area contributed by atoms with Crippen molar-refractivity contribution in [3.8, 4) is 0 Å². The van der Waals surface area contributed by atoms with Gasteiger partial charge in [0.25, 0.3) is 5.91 Å². The van der Waals surface area contributed by atoms with Crippen LogP contribution in [0.2, 0.25) is 0 Å². The Kier molecular flexibility index (Phi) is 3.62. The Balaban J connectivity index is 2.33. The topological polar surface area (TPSA) is 69.6 Å². The highest BCUT2D eigenvalue weighted by Gasteiger charge is 2.31. The van der Waals surface area contributed by atoms with E-state index < -0.39 is 6.10 Å². The first-order chi connectivity index (χ1) is 8.63. The van der Waals surface area contributed by atoms with Crippen LogP contribution in [0.4, 0.5) is 5.69 Å². The van der Waals surface area contributed by atoms with Gasteiger partial charge in [0.15, 0.2) is 0 Å². The Bertz CT molecular complexity index is 473. The number of amides is 2. The zero-order valence-electron chi connectivity index (χ0n) is 10.2. The van der Waals surface area contributed by atoms with Crippen LogP contribution in [-0.4, -0.2) is 36.1 Å². The van der Waals surface area contributed by atoms with Gasteiger partial charge in [0, 0.05) is 6.54 Å². The first-order valence-corrected chi connectivity index (χ1v) is 5.99. The molecule has 1 aliphatic rings. The van der Waals surface area contributed by atoms with Gasteiger partial charge in [-0.25, -0.2) is 0 Å². The number of rotatable bonds is 3. The van der Waals surface area contributed by atoms with Crippen molar-refractivity contribution in [2.24, 2.45) is 0 Å². The van der Waals surface area contributed by atoms with Crippen LogP contribution in [0.5, 0.6) is 0 Å². The predicted octanol–water partition coefficient (Wildman–Crippen LogP) is 0.534. The molecule has 2 N–H and O–H groups in total. The predicted molar refractivity (Wildman–Crippen MR) is 67.4 cm³/mol. The SMILES string of the molecule is CCNC(=O)c1ccccc1N1CC(O)CC1=O. The van der Waals surface area contributed by atoms with Gasteiger partial charge in [-0.15, -0.1) is 0 Å². The van der Waals surface area contributed by atoms with Crippen molar-refractivity contribution in [1.29, 1.82) is 0 Å². The Labute approximate surface area is 105 Å². The fourth-order valence-electron chi connectivity index (χ4n) is 2.08. The summed E-state index contributed by atoms with van der Waals surface area (Å²) >= 11 is 0. The molecular weight excluding hydrogens is 232 g/mol. The van der Waals surface area contributed by atoms with Crippen molar-refractivity contribution in [2.75, 3.05) is 18.0 Å². The second kappa shape index (κ2) is 5.18. The summed E-state index contributed by atoms with van der Waals surface area (Å²) in [6.45, 7) is 2.62. The Hall–Kier alpha value is -1.88. The largest absolute Gasteiger partial charge is 0.391 e.